The number of rotatable bonds is 5. The average molecular weight is 298 g/mol. The number of hydrogen-bond acceptors (Lipinski definition) is 3. The molecular weight excluding hydrogens is 276 g/mol. The molecule has 1 atom stereocenters. The van der Waals surface area contributed by atoms with E-state index < -0.39 is 6.10 Å². The third-order valence-electron chi connectivity index (χ3n) is 4.21. The van der Waals surface area contributed by atoms with Gasteiger partial charge in [-0.15, -0.1) is 0 Å². The monoisotopic (exact) mass is 298 g/mol. The first kappa shape index (κ1) is 14.9. The summed E-state index contributed by atoms with van der Waals surface area (Å²) in [7, 11) is 1.64. The van der Waals surface area contributed by atoms with E-state index in [2.05, 4.69) is 0 Å². The second kappa shape index (κ2) is 6.84. The number of aliphatic hydroxyl groups is 1. The van der Waals surface area contributed by atoms with E-state index in [1.165, 1.54) is 12.8 Å². The Morgan fingerprint density at radius 1 is 0.955 bits per heavy atom. The molecule has 0 aliphatic heterocycles. The van der Waals surface area contributed by atoms with Gasteiger partial charge in [-0.1, -0.05) is 36.4 Å². The minimum Gasteiger partial charge on any atom is -0.493 e. The summed E-state index contributed by atoms with van der Waals surface area (Å²) in [4.78, 5) is 0. The van der Waals surface area contributed by atoms with Crippen LogP contribution in [0.4, 0.5) is 0 Å². The van der Waals surface area contributed by atoms with Gasteiger partial charge >= 0.3 is 0 Å². The SMILES string of the molecule is COc1ccc([C@@H](O)c2ccccc2)cc1OC1CCCC1. The molecule has 1 saturated carbocycles. The van der Waals surface area contributed by atoms with Crippen molar-refractivity contribution in [3.8, 4) is 11.5 Å². The maximum Gasteiger partial charge on any atom is 0.161 e. The molecule has 0 unspecified atom stereocenters. The van der Waals surface area contributed by atoms with E-state index in [9.17, 15) is 5.11 Å². The van der Waals surface area contributed by atoms with E-state index in [0.29, 0.717) is 0 Å². The Kier molecular flexibility index (Phi) is 4.64. The molecule has 0 bridgehead atoms. The molecule has 3 rings (SSSR count). The lowest BCUT2D eigenvalue weighted by Gasteiger charge is -2.18. The topological polar surface area (TPSA) is 38.7 Å². The summed E-state index contributed by atoms with van der Waals surface area (Å²) in [5, 5.41) is 10.5. The Labute approximate surface area is 131 Å². The van der Waals surface area contributed by atoms with Crippen LogP contribution < -0.4 is 9.47 Å². The summed E-state index contributed by atoms with van der Waals surface area (Å²) in [5.74, 6) is 1.44. The van der Waals surface area contributed by atoms with E-state index in [0.717, 1.165) is 35.5 Å². The Morgan fingerprint density at radius 2 is 1.68 bits per heavy atom. The van der Waals surface area contributed by atoms with E-state index in [1.807, 2.05) is 48.5 Å². The predicted octanol–water partition coefficient (Wildman–Crippen LogP) is 4.10. The summed E-state index contributed by atoms with van der Waals surface area (Å²) in [6.45, 7) is 0. The van der Waals surface area contributed by atoms with Crippen LogP contribution in [-0.2, 0) is 0 Å². The number of benzene rings is 2. The molecular formula is C19H22O3. The quantitative estimate of drug-likeness (QED) is 0.903. The van der Waals surface area contributed by atoms with Crippen molar-refractivity contribution in [1.29, 1.82) is 0 Å². The molecule has 3 nitrogen and oxygen atoms in total. The fraction of sp³-hybridized carbons (Fsp3) is 0.368. The zero-order valence-corrected chi connectivity index (χ0v) is 12.9. The first-order valence-corrected chi connectivity index (χ1v) is 7.85. The van der Waals surface area contributed by atoms with E-state index in [-0.39, 0.29) is 6.10 Å². The molecule has 2 aromatic carbocycles. The molecule has 0 spiro atoms. The first-order valence-electron chi connectivity index (χ1n) is 7.85. The van der Waals surface area contributed by atoms with Crippen LogP contribution in [0, 0.1) is 0 Å². The summed E-state index contributed by atoms with van der Waals surface area (Å²) < 4.78 is 11.5. The van der Waals surface area contributed by atoms with Crippen molar-refractivity contribution in [3.63, 3.8) is 0 Å². The van der Waals surface area contributed by atoms with Crippen LogP contribution in [0.25, 0.3) is 0 Å². The van der Waals surface area contributed by atoms with Crippen LogP contribution in [0.1, 0.15) is 42.9 Å². The van der Waals surface area contributed by atoms with Gasteiger partial charge in [0.2, 0.25) is 0 Å². The van der Waals surface area contributed by atoms with Gasteiger partial charge in [-0.2, -0.15) is 0 Å². The van der Waals surface area contributed by atoms with Gasteiger partial charge in [-0.3, -0.25) is 0 Å². The van der Waals surface area contributed by atoms with Crippen molar-refractivity contribution in [2.24, 2.45) is 0 Å². The number of hydrogen-bond donors (Lipinski definition) is 1. The van der Waals surface area contributed by atoms with Gasteiger partial charge in [-0.25, -0.2) is 0 Å². The standard InChI is InChI=1S/C19H22O3/c1-21-17-12-11-15(19(20)14-7-3-2-4-8-14)13-18(17)22-16-9-5-6-10-16/h2-4,7-8,11-13,16,19-20H,5-6,9-10H2,1H3/t19-/m0/s1. The molecule has 0 amide bonds. The first-order chi connectivity index (χ1) is 10.8. The fourth-order valence-electron chi connectivity index (χ4n) is 2.97. The minimum atomic E-state index is -0.655. The van der Waals surface area contributed by atoms with Crippen LogP contribution in [0.3, 0.4) is 0 Å². The normalized spacial score (nSPS) is 16.5. The molecule has 1 N–H and O–H groups in total. The predicted molar refractivity (Wildman–Crippen MR) is 86.4 cm³/mol. The minimum absolute atomic E-state index is 0.262. The Bertz CT molecular complexity index is 603. The molecule has 1 aliphatic carbocycles. The van der Waals surface area contributed by atoms with Crippen LogP contribution in [-0.4, -0.2) is 18.3 Å². The molecule has 3 heteroatoms. The highest BCUT2D eigenvalue weighted by molar-refractivity contribution is 5.45. The van der Waals surface area contributed by atoms with Gasteiger partial charge in [0.1, 0.15) is 6.10 Å². The zero-order valence-electron chi connectivity index (χ0n) is 12.9. The van der Waals surface area contributed by atoms with Crippen molar-refractivity contribution in [3.05, 3.63) is 59.7 Å². The lowest BCUT2D eigenvalue weighted by molar-refractivity contribution is 0.196. The van der Waals surface area contributed by atoms with Crippen LogP contribution in [0.5, 0.6) is 11.5 Å². The van der Waals surface area contributed by atoms with E-state index in [1.54, 1.807) is 7.11 Å². The van der Waals surface area contributed by atoms with E-state index >= 15 is 0 Å². The van der Waals surface area contributed by atoms with Crippen molar-refractivity contribution in [2.45, 2.75) is 37.9 Å². The van der Waals surface area contributed by atoms with Gasteiger partial charge in [0, 0.05) is 0 Å². The second-order valence-corrected chi connectivity index (χ2v) is 5.75. The Morgan fingerprint density at radius 3 is 2.36 bits per heavy atom. The average Bonchev–Trinajstić information content (AvgIpc) is 3.08. The smallest absolute Gasteiger partial charge is 0.161 e. The zero-order chi connectivity index (χ0) is 15.4. The van der Waals surface area contributed by atoms with Gasteiger partial charge < -0.3 is 14.6 Å². The fourth-order valence-corrected chi connectivity index (χ4v) is 2.97. The van der Waals surface area contributed by atoms with Crippen molar-refractivity contribution >= 4 is 0 Å². The number of ether oxygens (including phenoxy) is 2. The lowest BCUT2D eigenvalue weighted by atomic mass is 10.0. The molecule has 116 valence electrons. The summed E-state index contributed by atoms with van der Waals surface area (Å²) in [6.07, 6.45) is 4.23. The maximum absolute atomic E-state index is 10.5. The maximum atomic E-state index is 10.5. The highest BCUT2D eigenvalue weighted by Crippen LogP contribution is 2.35. The van der Waals surface area contributed by atoms with Crippen molar-refractivity contribution in [1.82, 2.24) is 0 Å². The Balaban J connectivity index is 1.85. The molecule has 1 fully saturated rings. The van der Waals surface area contributed by atoms with Crippen LogP contribution in [0.15, 0.2) is 48.5 Å². The molecule has 2 aromatic rings. The Hall–Kier alpha value is -2.00. The third kappa shape index (κ3) is 3.25. The summed E-state index contributed by atoms with van der Waals surface area (Å²) >= 11 is 0. The molecule has 22 heavy (non-hydrogen) atoms. The molecule has 0 heterocycles. The van der Waals surface area contributed by atoms with E-state index in [4.69, 9.17) is 9.47 Å². The molecule has 0 saturated heterocycles. The van der Waals surface area contributed by atoms with Crippen LogP contribution in [0.2, 0.25) is 0 Å². The highest BCUT2D eigenvalue weighted by Gasteiger charge is 2.20. The highest BCUT2D eigenvalue weighted by atomic mass is 16.5. The van der Waals surface area contributed by atoms with Gasteiger partial charge in [-0.05, 0) is 48.9 Å². The van der Waals surface area contributed by atoms with Gasteiger partial charge in [0.05, 0.1) is 13.2 Å². The number of aliphatic hydroxyl groups excluding tert-OH is 1. The van der Waals surface area contributed by atoms with Crippen LogP contribution >= 0.6 is 0 Å². The molecule has 0 radical (unpaired) electrons. The summed E-state index contributed by atoms with van der Waals surface area (Å²) in [6, 6.07) is 15.3. The number of methoxy groups -OCH3 is 1. The lowest BCUT2D eigenvalue weighted by Crippen LogP contribution is -2.12. The van der Waals surface area contributed by atoms with Crippen molar-refractivity contribution < 1.29 is 14.6 Å². The van der Waals surface area contributed by atoms with Gasteiger partial charge in [0.25, 0.3) is 0 Å². The molecule has 0 aromatic heterocycles. The third-order valence-corrected chi connectivity index (χ3v) is 4.21. The summed E-state index contributed by atoms with van der Waals surface area (Å²) in [5.41, 5.74) is 1.69. The largest absolute Gasteiger partial charge is 0.493 e. The van der Waals surface area contributed by atoms with Crippen molar-refractivity contribution in [2.75, 3.05) is 7.11 Å². The van der Waals surface area contributed by atoms with Gasteiger partial charge in [0.15, 0.2) is 11.5 Å². The second-order valence-electron chi connectivity index (χ2n) is 5.75. The molecule has 1 aliphatic rings.